The van der Waals surface area contributed by atoms with E-state index >= 15 is 0 Å². The molecule has 1 saturated heterocycles. The molecule has 1 spiro atoms. The van der Waals surface area contributed by atoms with Crippen LogP contribution in [0.4, 0.5) is 0 Å². The Balaban J connectivity index is 1.40. The monoisotopic (exact) mass is 396 g/mol. The molecule has 4 aliphatic carbocycles. The van der Waals surface area contributed by atoms with Crippen molar-refractivity contribution in [3.05, 3.63) is 24.3 Å². The number of ether oxygens (including phenoxy) is 1. The first kappa shape index (κ1) is 20.0. The molecule has 1 aliphatic heterocycles. The van der Waals surface area contributed by atoms with Crippen LogP contribution in [0.2, 0.25) is 0 Å². The van der Waals surface area contributed by atoms with E-state index in [0.717, 1.165) is 37.2 Å². The first-order valence-corrected chi connectivity index (χ1v) is 12.3. The van der Waals surface area contributed by atoms with E-state index in [1.807, 2.05) is 6.08 Å². The Kier molecular flexibility index (Phi) is 4.70. The van der Waals surface area contributed by atoms with Crippen LogP contribution < -0.4 is 0 Å². The summed E-state index contributed by atoms with van der Waals surface area (Å²) in [5.41, 5.74) is 0.598. The molecule has 0 aromatic rings. The fourth-order valence-electron chi connectivity index (χ4n) is 8.71. The number of allylic oxidation sites excluding steroid dienone is 3. The molecule has 0 radical (unpaired) electrons. The topological polar surface area (TPSA) is 26.3 Å². The lowest BCUT2D eigenvalue weighted by Gasteiger charge is -2.58. The van der Waals surface area contributed by atoms with Crippen molar-refractivity contribution in [2.45, 2.75) is 84.7 Å². The van der Waals surface area contributed by atoms with Crippen LogP contribution in [-0.4, -0.2) is 18.0 Å². The maximum absolute atomic E-state index is 12.0. The minimum atomic E-state index is -0.0608. The highest BCUT2D eigenvalue weighted by Gasteiger charge is 2.66. The van der Waals surface area contributed by atoms with Crippen LogP contribution in [0, 0.1) is 46.3 Å². The van der Waals surface area contributed by atoms with Gasteiger partial charge in [0.25, 0.3) is 0 Å². The normalized spacial score (nSPS) is 51.2. The summed E-state index contributed by atoms with van der Waals surface area (Å²) in [4.78, 5) is 12.0. The van der Waals surface area contributed by atoms with Gasteiger partial charge in [0.2, 0.25) is 0 Å². The number of fused-ring (bicyclic) bond motifs is 4. The highest BCUT2D eigenvalue weighted by atomic mass is 16.5. The zero-order chi connectivity index (χ0) is 20.4. The second-order valence-electron chi connectivity index (χ2n) is 11.9. The fourth-order valence-corrected chi connectivity index (χ4v) is 8.71. The number of rotatable bonds is 3. The molecule has 3 saturated carbocycles. The third-order valence-electron chi connectivity index (χ3n) is 10.2. The average Bonchev–Trinajstić information content (AvgIpc) is 3.18. The minimum absolute atomic E-state index is 0.0608. The second-order valence-corrected chi connectivity index (χ2v) is 11.9. The molecule has 0 aromatic carbocycles. The van der Waals surface area contributed by atoms with Crippen molar-refractivity contribution in [2.24, 2.45) is 46.3 Å². The summed E-state index contributed by atoms with van der Waals surface area (Å²) in [7, 11) is 0. The molecule has 5 aliphatic rings. The average molecular weight is 397 g/mol. The molecule has 0 aromatic heterocycles. The zero-order valence-electron chi connectivity index (χ0n) is 19.0. The van der Waals surface area contributed by atoms with Crippen molar-refractivity contribution in [3.8, 4) is 0 Å². The van der Waals surface area contributed by atoms with Crippen LogP contribution in [0.3, 0.4) is 0 Å². The lowest BCUT2D eigenvalue weighted by molar-refractivity contribution is -0.122. The first-order chi connectivity index (χ1) is 13.8. The summed E-state index contributed by atoms with van der Waals surface area (Å²) >= 11 is 0. The predicted octanol–water partition coefficient (Wildman–Crippen LogP) is 6.36. The van der Waals surface area contributed by atoms with Gasteiger partial charge in [-0.1, -0.05) is 39.0 Å². The number of carbonyl (C=O) groups is 1. The van der Waals surface area contributed by atoms with Gasteiger partial charge in [0.1, 0.15) is 0 Å². The van der Waals surface area contributed by atoms with E-state index < -0.39 is 0 Å². The van der Waals surface area contributed by atoms with Crippen molar-refractivity contribution in [1.82, 2.24) is 0 Å². The Morgan fingerprint density at radius 2 is 1.97 bits per heavy atom. The smallest absolute Gasteiger partial charge is 0.155 e. The molecule has 0 unspecified atom stereocenters. The van der Waals surface area contributed by atoms with E-state index in [9.17, 15) is 4.79 Å². The highest BCUT2D eigenvalue weighted by molar-refractivity contribution is 5.91. The summed E-state index contributed by atoms with van der Waals surface area (Å²) in [5.74, 6) is 4.77. The second kappa shape index (κ2) is 6.81. The minimum Gasteiger partial charge on any atom is -0.370 e. The van der Waals surface area contributed by atoms with Crippen molar-refractivity contribution >= 4 is 5.78 Å². The third-order valence-corrected chi connectivity index (χ3v) is 10.2. The van der Waals surface area contributed by atoms with Gasteiger partial charge in [-0.05, 0) is 98.9 Å². The van der Waals surface area contributed by atoms with Gasteiger partial charge in [-0.15, -0.1) is 0 Å². The summed E-state index contributed by atoms with van der Waals surface area (Å²) in [5, 5.41) is 0. The number of ketones is 1. The lowest BCUT2D eigenvalue weighted by atomic mass is 9.45. The molecule has 2 heteroatoms. The molecule has 8 atom stereocenters. The Morgan fingerprint density at radius 1 is 1.14 bits per heavy atom. The number of hydrogen-bond donors (Lipinski definition) is 0. The standard InChI is InChI=1S/C27H40O2/c1-18(2)6-5-13-26(4)24-10-9-23-21-8-7-19-16-20(28)11-14-25(19,3)22(21)12-15-27(23,24)17-29-26/h5,11,13-14,18-19,21-24H,6-10,12,15-17H2,1-4H3/b13-5+/t19-,21+,22-,23-,24+,25-,26-,27+/m0/s1. The van der Waals surface area contributed by atoms with Crippen molar-refractivity contribution in [3.63, 3.8) is 0 Å². The van der Waals surface area contributed by atoms with Crippen LogP contribution in [-0.2, 0) is 9.53 Å². The molecule has 29 heavy (non-hydrogen) atoms. The molecule has 4 fully saturated rings. The molecule has 5 rings (SSSR count). The summed E-state index contributed by atoms with van der Waals surface area (Å²) in [6, 6.07) is 0. The molecule has 1 heterocycles. The van der Waals surface area contributed by atoms with Crippen LogP contribution in [0.25, 0.3) is 0 Å². The van der Waals surface area contributed by atoms with Gasteiger partial charge >= 0.3 is 0 Å². The number of hydrogen-bond acceptors (Lipinski definition) is 2. The van der Waals surface area contributed by atoms with E-state index in [2.05, 4.69) is 45.9 Å². The number of carbonyl (C=O) groups excluding carboxylic acids is 1. The van der Waals surface area contributed by atoms with Crippen LogP contribution in [0.15, 0.2) is 24.3 Å². The summed E-state index contributed by atoms with van der Waals surface area (Å²) in [6.07, 6.45) is 19.0. The maximum Gasteiger partial charge on any atom is 0.155 e. The van der Waals surface area contributed by atoms with E-state index in [1.165, 1.54) is 38.5 Å². The Hall–Kier alpha value is -0.890. The maximum atomic E-state index is 12.0. The summed E-state index contributed by atoms with van der Waals surface area (Å²) in [6.45, 7) is 10.4. The molecular weight excluding hydrogens is 356 g/mol. The SMILES string of the molecule is CC(C)C/C=C/[C@]1(C)OC[C@]23CC[C@H]4[C@@H](CC[C@H]5CC(=O)C=C[C@@]54C)[C@@H]2CC[C@@H]31. The van der Waals surface area contributed by atoms with E-state index in [0.29, 0.717) is 29.0 Å². The molecule has 0 amide bonds. The van der Waals surface area contributed by atoms with Crippen LogP contribution >= 0.6 is 0 Å². The molecule has 160 valence electrons. The van der Waals surface area contributed by atoms with Crippen LogP contribution in [0.5, 0.6) is 0 Å². The Bertz CT molecular complexity index is 735. The highest BCUT2D eigenvalue weighted by Crippen LogP contribution is 2.70. The third kappa shape index (κ3) is 2.87. The van der Waals surface area contributed by atoms with Gasteiger partial charge in [0.05, 0.1) is 12.2 Å². The fraction of sp³-hybridized carbons (Fsp3) is 0.815. The van der Waals surface area contributed by atoms with Gasteiger partial charge in [-0.25, -0.2) is 0 Å². The molecule has 0 N–H and O–H groups in total. The van der Waals surface area contributed by atoms with Gasteiger partial charge in [0, 0.05) is 11.8 Å². The van der Waals surface area contributed by atoms with E-state index in [1.54, 1.807) is 0 Å². The lowest BCUT2D eigenvalue weighted by Crippen LogP contribution is -2.53. The first-order valence-electron chi connectivity index (χ1n) is 12.3. The quantitative estimate of drug-likeness (QED) is 0.519. The molecule has 0 bridgehead atoms. The van der Waals surface area contributed by atoms with Crippen molar-refractivity contribution in [1.29, 1.82) is 0 Å². The molecular formula is C27H40O2. The van der Waals surface area contributed by atoms with Crippen molar-refractivity contribution < 1.29 is 9.53 Å². The van der Waals surface area contributed by atoms with E-state index in [-0.39, 0.29) is 11.0 Å². The largest absolute Gasteiger partial charge is 0.370 e. The van der Waals surface area contributed by atoms with Gasteiger partial charge in [-0.3, -0.25) is 4.79 Å². The summed E-state index contributed by atoms with van der Waals surface area (Å²) < 4.78 is 6.63. The van der Waals surface area contributed by atoms with Crippen LogP contribution in [0.1, 0.15) is 79.1 Å². The van der Waals surface area contributed by atoms with Gasteiger partial charge in [0.15, 0.2) is 5.78 Å². The Morgan fingerprint density at radius 3 is 2.76 bits per heavy atom. The predicted molar refractivity (Wildman–Crippen MR) is 117 cm³/mol. The van der Waals surface area contributed by atoms with Gasteiger partial charge < -0.3 is 4.74 Å². The molecule has 2 nitrogen and oxygen atoms in total. The van der Waals surface area contributed by atoms with Gasteiger partial charge in [-0.2, -0.15) is 0 Å². The Labute approximate surface area is 177 Å². The zero-order valence-corrected chi connectivity index (χ0v) is 19.0. The van der Waals surface area contributed by atoms with Crippen molar-refractivity contribution in [2.75, 3.05) is 6.61 Å². The van der Waals surface area contributed by atoms with E-state index in [4.69, 9.17) is 4.74 Å².